The van der Waals surface area contributed by atoms with Crippen LogP contribution in [0.25, 0.3) is 0 Å². The van der Waals surface area contributed by atoms with E-state index < -0.39 is 5.60 Å². The van der Waals surface area contributed by atoms with E-state index in [9.17, 15) is 4.79 Å². The molecule has 0 saturated heterocycles. The van der Waals surface area contributed by atoms with Gasteiger partial charge in [0.15, 0.2) is 0 Å². The number of hydrogen-bond donors (Lipinski definition) is 1. The molecule has 0 spiro atoms. The summed E-state index contributed by atoms with van der Waals surface area (Å²) in [7, 11) is 0. The maximum atomic E-state index is 11.5. The van der Waals surface area contributed by atoms with Gasteiger partial charge >= 0.3 is 5.97 Å². The van der Waals surface area contributed by atoms with Crippen LogP contribution in [0.5, 0.6) is 0 Å². The number of benzene rings is 1. The molecule has 1 N–H and O–H groups in total. The third-order valence-electron chi connectivity index (χ3n) is 2.36. The van der Waals surface area contributed by atoms with Crippen molar-refractivity contribution >= 4 is 11.7 Å². The topological polar surface area (TPSA) is 38.3 Å². The van der Waals surface area contributed by atoms with Crippen molar-refractivity contribution in [3.8, 4) is 0 Å². The SMILES string of the molecule is Cc1ccc(NCC(=O)OC(C)(C)C)cc1C. The maximum absolute atomic E-state index is 11.5. The zero-order chi connectivity index (χ0) is 13.1. The van der Waals surface area contributed by atoms with Crippen LogP contribution in [0.2, 0.25) is 0 Å². The predicted octanol–water partition coefficient (Wildman–Crippen LogP) is 3.06. The molecule has 0 heterocycles. The van der Waals surface area contributed by atoms with Gasteiger partial charge in [0.1, 0.15) is 12.1 Å². The van der Waals surface area contributed by atoms with Crippen molar-refractivity contribution in [1.82, 2.24) is 0 Å². The summed E-state index contributed by atoms with van der Waals surface area (Å²) in [6, 6.07) is 6.03. The maximum Gasteiger partial charge on any atom is 0.325 e. The van der Waals surface area contributed by atoms with Gasteiger partial charge in [-0.05, 0) is 57.9 Å². The number of rotatable bonds is 3. The van der Waals surface area contributed by atoms with Crippen LogP contribution in [0.4, 0.5) is 5.69 Å². The summed E-state index contributed by atoms with van der Waals surface area (Å²) < 4.78 is 5.21. The van der Waals surface area contributed by atoms with E-state index in [0.29, 0.717) is 0 Å². The number of anilines is 1. The van der Waals surface area contributed by atoms with Crippen molar-refractivity contribution in [2.75, 3.05) is 11.9 Å². The first-order chi connectivity index (χ1) is 7.78. The zero-order valence-electron chi connectivity index (χ0n) is 11.3. The van der Waals surface area contributed by atoms with Crippen molar-refractivity contribution in [2.24, 2.45) is 0 Å². The molecule has 1 aromatic carbocycles. The summed E-state index contributed by atoms with van der Waals surface area (Å²) in [6.07, 6.45) is 0. The van der Waals surface area contributed by atoms with E-state index in [2.05, 4.69) is 12.2 Å². The Balaban J connectivity index is 2.50. The van der Waals surface area contributed by atoms with Gasteiger partial charge < -0.3 is 10.1 Å². The molecule has 1 rings (SSSR count). The molecule has 0 bridgehead atoms. The van der Waals surface area contributed by atoms with Gasteiger partial charge in [0.05, 0.1) is 0 Å². The number of ether oxygens (including phenoxy) is 1. The minimum atomic E-state index is -0.429. The third-order valence-corrected chi connectivity index (χ3v) is 2.36. The van der Waals surface area contributed by atoms with Crippen molar-refractivity contribution in [3.63, 3.8) is 0 Å². The van der Waals surface area contributed by atoms with E-state index in [4.69, 9.17) is 4.74 Å². The lowest BCUT2D eigenvalue weighted by Gasteiger charge is -2.19. The summed E-state index contributed by atoms with van der Waals surface area (Å²) in [5, 5.41) is 3.06. The van der Waals surface area contributed by atoms with Crippen LogP contribution in [-0.4, -0.2) is 18.1 Å². The van der Waals surface area contributed by atoms with Gasteiger partial charge in [0.25, 0.3) is 0 Å². The molecule has 17 heavy (non-hydrogen) atoms. The molecule has 0 saturated carbocycles. The molecular formula is C14H21NO2. The molecule has 0 radical (unpaired) electrons. The second-order valence-corrected chi connectivity index (χ2v) is 5.24. The molecule has 0 aliphatic carbocycles. The Morgan fingerprint density at radius 3 is 2.41 bits per heavy atom. The first-order valence-electron chi connectivity index (χ1n) is 5.81. The van der Waals surface area contributed by atoms with Crippen LogP contribution in [0.15, 0.2) is 18.2 Å². The molecule has 0 aromatic heterocycles. The number of aryl methyl sites for hydroxylation is 2. The molecule has 0 aliphatic rings. The molecule has 3 nitrogen and oxygen atoms in total. The van der Waals surface area contributed by atoms with E-state index in [1.165, 1.54) is 11.1 Å². The van der Waals surface area contributed by atoms with E-state index in [0.717, 1.165) is 5.69 Å². The van der Waals surface area contributed by atoms with Gasteiger partial charge in [0.2, 0.25) is 0 Å². The third kappa shape index (κ3) is 4.89. The van der Waals surface area contributed by atoms with E-state index >= 15 is 0 Å². The second-order valence-electron chi connectivity index (χ2n) is 5.24. The van der Waals surface area contributed by atoms with E-state index in [-0.39, 0.29) is 12.5 Å². The Kier molecular flexibility index (Phi) is 4.16. The van der Waals surface area contributed by atoms with E-state index in [1.54, 1.807) is 0 Å². The first kappa shape index (κ1) is 13.6. The Morgan fingerprint density at radius 2 is 1.88 bits per heavy atom. The fraction of sp³-hybridized carbons (Fsp3) is 0.500. The highest BCUT2D eigenvalue weighted by atomic mass is 16.6. The summed E-state index contributed by atoms with van der Waals surface area (Å²) in [5.74, 6) is -0.240. The molecule has 0 unspecified atom stereocenters. The molecule has 94 valence electrons. The zero-order valence-corrected chi connectivity index (χ0v) is 11.3. The summed E-state index contributed by atoms with van der Waals surface area (Å²) in [4.78, 5) is 11.5. The molecule has 0 aliphatic heterocycles. The molecule has 0 fully saturated rings. The Morgan fingerprint density at radius 1 is 1.24 bits per heavy atom. The lowest BCUT2D eigenvalue weighted by atomic mass is 10.1. The van der Waals surface area contributed by atoms with Crippen LogP contribution in [0.3, 0.4) is 0 Å². The lowest BCUT2D eigenvalue weighted by molar-refractivity contribution is -0.152. The lowest BCUT2D eigenvalue weighted by Crippen LogP contribution is -2.28. The minimum absolute atomic E-state index is 0.194. The second kappa shape index (κ2) is 5.21. The van der Waals surface area contributed by atoms with Crippen LogP contribution < -0.4 is 5.32 Å². The summed E-state index contributed by atoms with van der Waals surface area (Å²) >= 11 is 0. The number of hydrogen-bond acceptors (Lipinski definition) is 3. The highest BCUT2D eigenvalue weighted by molar-refractivity contribution is 5.75. The van der Waals surface area contributed by atoms with Crippen molar-refractivity contribution in [2.45, 2.75) is 40.2 Å². The van der Waals surface area contributed by atoms with Crippen LogP contribution in [0, 0.1) is 13.8 Å². The smallest absolute Gasteiger partial charge is 0.325 e. The number of carbonyl (C=O) groups excluding carboxylic acids is 1. The van der Waals surface area contributed by atoms with Crippen LogP contribution in [-0.2, 0) is 9.53 Å². The number of nitrogens with one attached hydrogen (secondary N) is 1. The van der Waals surface area contributed by atoms with Crippen molar-refractivity contribution in [1.29, 1.82) is 0 Å². The highest BCUT2D eigenvalue weighted by Gasteiger charge is 2.15. The normalized spacial score (nSPS) is 11.1. The Bertz CT molecular complexity index is 405. The average molecular weight is 235 g/mol. The van der Waals surface area contributed by atoms with Gasteiger partial charge in [-0.2, -0.15) is 0 Å². The van der Waals surface area contributed by atoms with Crippen molar-refractivity contribution in [3.05, 3.63) is 29.3 Å². The minimum Gasteiger partial charge on any atom is -0.459 e. The van der Waals surface area contributed by atoms with Gasteiger partial charge in [0, 0.05) is 5.69 Å². The molecule has 3 heteroatoms. The summed E-state index contributed by atoms with van der Waals surface area (Å²) in [5.41, 5.74) is 2.97. The number of carbonyl (C=O) groups is 1. The predicted molar refractivity (Wildman–Crippen MR) is 70.3 cm³/mol. The monoisotopic (exact) mass is 235 g/mol. The molecule has 1 aromatic rings. The average Bonchev–Trinajstić information content (AvgIpc) is 2.17. The fourth-order valence-corrected chi connectivity index (χ4v) is 1.40. The Labute approximate surface area is 103 Å². The van der Waals surface area contributed by atoms with E-state index in [1.807, 2.05) is 45.9 Å². The first-order valence-corrected chi connectivity index (χ1v) is 5.81. The van der Waals surface area contributed by atoms with Gasteiger partial charge in [-0.1, -0.05) is 6.07 Å². The summed E-state index contributed by atoms with van der Waals surface area (Å²) in [6.45, 7) is 9.89. The quantitative estimate of drug-likeness (QED) is 0.818. The van der Waals surface area contributed by atoms with Crippen LogP contribution >= 0.6 is 0 Å². The van der Waals surface area contributed by atoms with Crippen molar-refractivity contribution < 1.29 is 9.53 Å². The van der Waals surface area contributed by atoms with Gasteiger partial charge in [-0.15, -0.1) is 0 Å². The highest BCUT2D eigenvalue weighted by Crippen LogP contribution is 2.14. The largest absolute Gasteiger partial charge is 0.459 e. The Hall–Kier alpha value is -1.51. The molecule has 0 atom stereocenters. The standard InChI is InChI=1S/C14H21NO2/c1-10-6-7-12(8-11(10)2)15-9-13(16)17-14(3,4)5/h6-8,15H,9H2,1-5H3. The van der Waals surface area contributed by atoms with Gasteiger partial charge in [-0.3, -0.25) is 4.79 Å². The molecular weight excluding hydrogens is 214 g/mol. The van der Waals surface area contributed by atoms with Gasteiger partial charge in [-0.25, -0.2) is 0 Å². The number of esters is 1. The molecule has 0 amide bonds. The fourth-order valence-electron chi connectivity index (χ4n) is 1.40. The van der Waals surface area contributed by atoms with Crippen LogP contribution in [0.1, 0.15) is 31.9 Å².